The van der Waals surface area contributed by atoms with Crippen LogP contribution in [-0.4, -0.2) is 12.2 Å². The van der Waals surface area contributed by atoms with E-state index in [4.69, 9.17) is 0 Å². The first-order chi connectivity index (χ1) is 8.63. The van der Waals surface area contributed by atoms with Gasteiger partial charge in [0.2, 0.25) is 0 Å². The molecule has 1 saturated carbocycles. The minimum absolute atomic E-state index is 0.211. The van der Waals surface area contributed by atoms with E-state index in [1.165, 1.54) is 19.3 Å². The summed E-state index contributed by atoms with van der Waals surface area (Å²) in [5.74, 6) is 0.211. The molecular formula is C14H19F2NO. The topological polar surface area (TPSA) is 21.3 Å². The molecule has 0 aromatic heterocycles. The lowest BCUT2D eigenvalue weighted by Crippen LogP contribution is -2.49. The van der Waals surface area contributed by atoms with Crippen LogP contribution in [-0.2, 0) is 6.54 Å². The standard InChI is InChI=1S/C14H19F2NO/c1-2-14(8-3-9-14)17-10-11-4-6-12(7-5-11)18-13(15)16/h4-7,13,17H,2-3,8-10H2,1H3. The number of hydrogen-bond acceptors (Lipinski definition) is 2. The molecule has 0 amide bonds. The summed E-state index contributed by atoms with van der Waals surface area (Å²) in [5.41, 5.74) is 1.40. The molecule has 2 nitrogen and oxygen atoms in total. The van der Waals surface area contributed by atoms with Gasteiger partial charge in [-0.25, -0.2) is 0 Å². The van der Waals surface area contributed by atoms with Crippen LogP contribution in [0.25, 0.3) is 0 Å². The molecule has 18 heavy (non-hydrogen) atoms. The zero-order valence-corrected chi connectivity index (χ0v) is 10.6. The first-order valence-electron chi connectivity index (χ1n) is 6.42. The SMILES string of the molecule is CCC1(NCc2ccc(OC(F)F)cc2)CCC1. The molecule has 1 aliphatic rings. The Kier molecular flexibility index (Phi) is 4.17. The van der Waals surface area contributed by atoms with Crippen LogP contribution in [0.15, 0.2) is 24.3 Å². The third-order valence-electron chi connectivity index (χ3n) is 3.80. The Hall–Kier alpha value is -1.16. The van der Waals surface area contributed by atoms with Crippen LogP contribution in [0.4, 0.5) is 8.78 Å². The maximum absolute atomic E-state index is 12.0. The Bertz CT molecular complexity index is 368. The van der Waals surface area contributed by atoms with Gasteiger partial charge >= 0.3 is 6.61 Å². The van der Waals surface area contributed by atoms with Gasteiger partial charge in [0.25, 0.3) is 0 Å². The molecule has 0 spiro atoms. The zero-order valence-electron chi connectivity index (χ0n) is 10.6. The lowest BCUT2D eigenvalue weighted by atomic mass is 9.75. The molecule has 0 bridgehead atoms. The molecule has 0 aliphatic heterocycles. The largest absolute Gasteiger partial charge is 0.435 e. The van der Waals surface area contributed by atoms with Gasteiger partial charge in [0.15, 0.2) is 0 Å². The van der Waals surface area contributed by atoms with Gasteiger partial charge in [-0.15, -0.1) is 0 Å². The minimum atomic E-state index is -2.76. The molecule has 0 unspecified atom stereocenters. The van der Waals surface area contributed by atoms with Gasteiger partial charge in [0, 0.05) is 12.1 Å². The third kappa shape index (κ3) is 3.19. The van der Waals surface area contributed by atoms with Crippen molar-refractivity contribution >= 4 is 0 Å². The summed E-state index contributed by atoms with van der Waals surface area (Å²) >= 11 is 0. The van der Waals surface area contributed by atoms with Crippen LogP contribution < -0.4 is 10.1 Å². The van der Waals surface area contributed by atoms with E-state index in [2.05, 4.69) is 17.0 Å². The van der Waals surface area contributed by atoms with Crippen LogP contribution in [0.1, 0.15) is 38.2 Å². The Morgan fingerprint density at radius 3 is 2.39 bits per heavy atom. The van der Waals surface area contributed by atoms with Crippen molar-refractivity contribution in [3.63, 3.8) is 0 Å². The van der Waals surface area contributed by atoms with Crippen molar-refractivity contribution in [3.05, 3.63) is 29.8 Å². The van der Waals surface area contributed by atoms with Crippen molar-refractivity contribution in [3.8, 4) is 5.75 Å². The molecule has 0 atom stereocenters. The molecule has 1 aromatic carbocycles. The Labute approximate surface area is 106 Å². The summed E-state index contributed by atoms with van der Waals surface area (Å²) in [6.07, 6.45) is 4.90. The molecule has 1 N–H and O–H groups in total. The number of ether oxygens (including phenoxy) is 1. The highest BCUT2D eigenvalue weighted by atomic mass is 19.3. The average molecular weight is 255 g/mol. The average Bonchev–Trinajstić information content (AvgIpc) is 2.30. The maximum Gasteiger partial charge on any atom is 0.387 e. The molecule has 0 radical (unpaired) electrons. The van der Waals surface area contributed by atoms with E-state index < -0.39 is 6.61 Å². The van der Waals surface area contributed by atoms with Gasteiger partial charge < -0.3 is 10.1 Å². The van der Waals surface area contributed by atoms with E-state index in [1.54, 1.807) is 12.1 Å². The fourth-order valence-corrected chi connectivity index (χ4v) is 2.34. The summed E-state index contributed by atoms with van der Waals surface area (Å²) in [7, 11) is 0. The molecule has 2 rings (SSSR count). The quantitative estimate of drug-likeness (QED) is 0.836. The second kappa shape index (κ2) is 5.65. The van der Waals surface area contributed by atoms with Crippen molar-refractivity contribution in [1.82, 2.24) is 5.32 Å². The van der Waals surface area contributed by atoms with E-state index in [1.807, 2.05) is 12.1 Å². The van der Waals surface area contributed by atoms with Gasteiger partial charge in [-0.1, -0.05) is 19.1 Å². The second-order valence-electron chi connectivity index (χ2n) is 4.86. The van der Waals surface area contributed by atoms with Gasteiger partial charge in [-0.2, -0.15) is 8.78 Å². The Balaban J connectivity index is 1.86. The number of hydrogen-bond donors (Lipinski definition) is 1. The monoisotopic (exact) mass is 255 g/mol. The number of benzene rings is 1. The van der Waals surface area contributed by atoms with Gasteiger partial charge in [-0.3, -0.25) is 0 Å². The van der Waals surface area contributed by atoms with E-state index in [9.17, 15) is 8.78 Å². The summed E-state index contributed by atoms with van der Waals surface area (Å²) in [5, 5.41) is 3.57. The van der Waals surface area contributed by atoms with Crippen LogP contribution in [0, 0.1) is 0 Å². The highest BCUT2D eigenvalue weighted by molar-refractivity contribution is 5.27. The van der Waals surface area contributed by atoms with Crippen molar-refractivity contribution in [2.75, 3.05) is 0 Å². The van der Waals surface area contributed by atoms with Gasteiger partial charge in [-0.05, 0) is 43.4 Å². The van der Waals surface area contributed by atoms with E-state index in [0.29, 0.717) is 5.54 Å². The molecule has 0 heterocycles. The predicted molar refractivity (Wildman–Crippen MR) is 66.8 cm³/mol. The number of halogens is 2. The first kappa shape index (κ1) is 13.3. The van der Waals surface area contributed by atoms with Crippen molar-refractivity contribution in [2.24, 2.45) is 0 Å². The van der Waals surface area contributed by atoms with Crippen LogP contribution in [0.3, 0.4) is 0 Å². The smallest absolute Gasteiger partial charge is 0.387 e. The zero-order chi connectivity index (χ0) is 13.0. The minimum Gasteiger partial charge on any atom is -0.435 e. The summed E-state index contributed by atoms with van der Waals surface area (Å²) in [6.45, 7) is 0.224. The Morgan fingerprint density at radius 2 is 1.94 bits per heavy atom. The van der Waals surface area contributed by atoms with Crippen LogP contribution >= 0.6 is 0 Å². The number of nitrogens with one attached hydrogen (secondary N) is 1. The number of rotatable bonds is 6. The second-order valence-corrected chi connectivity index (χ2v) is 4.86. The van der Waals surface area contributed by atoms with Crippen molar-refractivity contribution < 1.29 is 13.5 Å². The summed E-state index contributed by atoms with van der Waals surface area (Å²) in [4.78, 5) is 0. The lowest BCUT2D eigenvalue weighted by Gasteiger charge is -2.42. The van der Waals surface area contributed by atoms with Gasteiger partial charge in [0.05, 0.1) is 0 Å². The first-order valence-corrected chi connectivity index (χ1v) is 6.42. The summed E-state index contributed by atoms with van der Waals surface area (Å²) in [6, 6.07) is 6.82. The molecular weight excluding hydrogens is 236 g/mol. The molecule has 100 valence electrons. The predicted octanol–water partition coefficient (Wildman–Crippen LogP) is 3.71. The third-order valence-corrected chi connectivity index (χ3v) is 3.80. The normalized spacial score (nSPS) is 17.6. The number of alkyl halides is 2. The van der Waals surface area contributed by atoms with Crippen LogP contribution in [0.5, 0.6) is 5.75 Å². The van der Waals surface area contributed by atoms with Gasteiger partial charge in [0.1, 0.15) is 5.75 Å². The van der Waals surface area contributed by atoms with Crippen LogP contribution in [0.2, 0.25) is 0 Å². The lowest BCUT2D eigenvalue weighted by molar-refractivity contribution is -0.0498. The maximum atomic E-state index is 12.0. The van der Waals surface area contributed by atoms with Crippen molar-refractivity contribution in [1.29, 1.82) is 0 Å². The Morgan fingerprint density at radius 1 is 1.28 bits per heavy atom. The molecule has 1 fully saturated rings. The highest BCUT2D eigenvalue weighted by Gasteiger charge is 2.34. The van der Waals surface area contributed by atoms with Crippen molar-refractivity contribution in [2.45, 2.75) is 51.3 Å². The summed E-state index contributed by atoms with van der Waals surface area (Å²) < 4.78 is 28.3. The molecule has 1 aliphatic carbocycles. The molecule has 1 aromatic rings. The fraction of sp³-hybridized carbons (Fsp3) is 0.571. The molecule has 0 saturated heterocycles. The molecule has 4 heteroatoms. The highest BCUT2D eigenvalue weighted by Crippen LogP contribution is 2.34. The van der Waals surface area contributed by atoms with E-state index in [0.717, 1.165) is 18.5 Å². The fourth-order valence-electron chi connectivity index (χ4n) is 2.34. The van der Waals surface area contributed by atoms with E-state index in [-0.39, 0.29) is 5.75 Å². The van der Waals surface area contributed by atoms with E-state index >= 15 is 0 Å².